The third kappa shape index (κ3) is 5.36. The number of aryl methyl sites for hydroxylation is 1. The van der Waals surface area contributed by atoms with E-state index in [1.165, 1.54) is 0 Å². The Bertz CT molecular complexity index is 601. The molecule has 0 aliphatic rings. The zero-order chi connectivity index (χ0) is 15.1. The molecule has 1 heterocycles. The van der Waals surface area contributed by atoms with Gasteiger partial charge in [0.1, 0.15) is 5.75 Å². The fourth-order valence-electron chi connectivity index (χ4n) is 1.74. The van der Waals surface area contributed by atoms with Gasteiger partial charge >= 0.3 is 0 Å². The maximum Gasteiger partial charge on any atom is 0.220 e. The van der Waals surface area contributed by atoms with Crippen LogP contribution in [-0.2, 0) is 11.3 Å². The van der Waals surface area contributed by atoms with Crippen LogP contribution in [0, 0.1) is 6.92 Å². The van der Waals surface area contributed by atoms with Gasteiger partial charge in [-0.05, 0) is 25.5 Å². The van der Waals surface area contributed by atoms with Crippen LogP contribution in [0.3, 0.4) is 0 Å². The first-order chi connectivity index (χ1) is 10.1. The number of carbonyl (C=O) groups is 1. The fourth-order valence-corrected chi connectivity index (χ4v) is 2.55. The minimum atomic E-state index is 0.00316. The van der Waals surface area contributed by atoms with Gasteiger partial charge in [0.05, 0.1) is 28.9 Å². The molecule has 0 fully saturated rings. The molecule has 1 amide bonds. The molecule has 6 heteroatoms. The summed E-state index contributed by atoms with van der Waals surface area (Å²) in [5, 5.41) is 6.39. The first-order valence-electron chi connectivity index (χ1n) is 6.70. The lowest BCUT2D eigenvalue weighted by molar-refractivity contribution is -0.121. The molecule has 0 bridgehead atoms. The quantitative estimate of drug-likeness (QED) is 0.792. The summed E-state index contributed by atoms with van der Waals surface area (Å²) in [5.41, 5.74) is 0.901. The van der Waals surface area contributed by atoms with Gasteiger partial charge in [0, 0.05) is 11.8 Å². The Labute approximate surface area is 133 Å². The summed E-state index contributed by atoms with van der Waals surface area (Å²) in [5.74, 6) is 0.654. The van der Waals surface area contributed by atoms with E-state index in [4.69, 9.17) is 16.3 Å². The lowest BCUT2D eigenvalue weighted by Gasteiger charge is -2.07. The van der Waals surface area contributed by atoms with Crippen molar-refractivity contribution in [3.63, 3.8) is 0 Å². The van der Waals surface area contributed by atoms with Crippen molar-refractivity contribution in [3.8, 4) is 5.75 Å². The first kappa shape index (κ1) is 15.8. The smallest absolute Gasteiger partial charge is 0.220 e. The fraction of sp³-hybridized carbons (Fsp3) is 0.333. The van der Waals surface area contributed by atoms with Crippen LogP contribution in [-0.4, -0.2) is 17.5 Å². The summed E-state index contributed by atoms with van der Waals surface area (Å²) in [6.07, 6.45) is 1.07. The highest BCUT2D eigenvalue weighted by atomic mass is 35.5. The van der Waals surface area contributed by atoms with Crippen LogP contribution in [0.5, 0.6) is 5.75 Å². The van der Waals surface area contributed by atoms with E-state index in [1.54, 1.807) is 17.4 Å². The number of amides is 1. The zero-order valence-electron chi connectivity index (χ0n) is 11.8. The zero-order valence-corrected chi connectivity index (χ0v) is 13.3. The summed E-state index contributed by atoms with van der Waals surface area (Å²) >= 11 is 7.56. The topological polar surface area (TPSA) is 51.2 Å². The maximum absolute atomic E-state index is 11.7. The van der Waals surface area contributed by atoms with Gasteiger partial charge in [0.15, 0.2) is 0 Å². The highest BCUT2D eigenvalue weighted by Gasteiger charge is 2.04. The maximum atomic E-state index is 11.7. The van der Waals surface area contributed by atoms with E-state index in [-0.39, 0.29) is 5.91 Å². The molecule has 0 unspecified atom stereocenters. The largest absolute Gasteiger partial charge is 0.492 e. The predicted molar refractivity (Wildman–Crippen MR) is 84.9 cm³/mol. The van der Waals surface area contributed by atoms with E-state index < -0.39 is 0 Å². The van der Waals surface area contributed by atoms with E-state index in [2.05, 4.69) is 10.3 Å². The molecule has 21 heavy (non-hydrogen) atoms. The van der Waals surface area contributed by atoms with Crippen molar-refractivity contribution in [1.29, 1.82) is 0 Å². The third-order valence-corrected chi connectivity index (χ3v) is 3.91. The monoisotopic (exact) mass is 324 g/mol. The second kappa shape index (κ2) is 8.00. The Morgan fingerprint density at radius 3 is 2.95 bits per heavy atom. The van der Waals surface area contributed by atoms with Gasteiger partial charge in [-0.3, -0.25) is 4.79 Å². The summed E-state index contributed by atoms with van der Waals surface area (Å²) in [7, 11) is 0. The minimum absolute atomic E-state index is 0.00316. The Morgan fingerprint density at radius 1 is 1.43 bits per heavy atom. The van der Waals surface area contributed by atoms with Gasteiger partial charge in [-0.15, -0.1) is 11.3 Å². The van der Waals surface area contributed by atoms with Crippen LogP contribution in [0.15, 0.2) is 29.6 Å². The van der Waals surface area contributed by atoms with Crippen molar-refractivity contribution >= 4 is 28.8 Å². The first-order valence-corrected chi connectivity index (χ1v) is 7.96. The van der Waals surface area contributed by atoms with Gasteiger partial charge in [-0.25, -0.2) is 4.98 Å². The van der Waals surface area contributed by atoms with Crippen molar-refractivity contribution in [3.05, 3.63) is 45.4 Å². The summed E-state index contributed by atoms with van der Waals surface area (Å²) in [6, 6.07) is 7.30. The number of nitrogens with zero attached hydrogens (tertiary/aromatic N) is 1. The van der Waals surface area contributed by atoms with Gasteiger partial charge in [-0.1, -0.05) is 23.7 Å². The van der Waals surface area contributed by atoms with E-state index in [0.29, 0.717) is 36.8 Å². The van der Waals surface area contributed by atoms with E-state index >= 15 is 0 Å². The standard InChI is InChI=1S/C15H17ClN2O2S/c1-11-18-12(10-21-11)9-17-15(19)7-4-8-20-14-6-3-2-5-13(14)16/h2-3,5-6,10H,4,7-9H2,1H3,(H,17,19). The molecule has 0 atom stereocenters. The molecule has 2 rings (SSSR count). The molecular weight excluding hydrogens is 308 g/mol. The SMILES string of the molecule is Cc1nc(CNC(=O)CCCOc2ccccc2Cl)cs1. The average molecular weight is 325 g/mol. The molecule has 1 aromatic heterocycles. The Kier molecular flexibility index (Phi) is 6.02. The van der Waals surface area contributed by atoms with Gasteiger partial charge < -0.3 is 10.1 Å². The predicted octanol–water partition coefficient (Wildman–Crippen LogP) is 3.58. The molecule has 0 saturated carbocycles. The molecule has 2 aromatic rings. The van der Waals surface area contributed by atoms with E-state index in [0.717, 1.165) is 10.7 Å². The molecule has 112 valence electrons. The number of hydrogen-bond acceptors (Lipinski definition) is 4. The number of halogens is 1. The van der Waals surface area contributed by atoms with Crippen LogP contribution in [0.1, 0.15) is 23.5 Å². The second-order valence-electron chi connectivity index (χ2n) is 4.52. The third-order valence-electron chi connectivity index (χ3n) is 2.78. The number of ether oxygens (including phenoxy) is 1. The highest BCUT2D eigenvalue weighted by Crippen LogP contribution is 2.23. The van der Waals surface area contributed by atoms with Crippen molar-refractivity contribution in [2.24, 2.45) is 0 Å². The van der Waals surface area contributed by atoms with Crippen molar-refractivity contribution in [2.45, 2.75) is 26.3 Å². The normalized spacial score (nSPS) is 10.4. The molecule has 1 aromatic carbocycles. The van der Waals surface area contributed by atoms with E-state index in [9.17, 15) is 4.79 Å². The number of para-hydroxylation sites is 1. The average Bonchev–Trinajstić information content (AvgIpc) is 2.89. The van der Waals surface area contributed by atoms with Crippen LogP contribution >= 0.6 is 22.9 Å². The second-order valence-corrected chi connectivity index (χ2v) is 5.99. The van der Waals surface area contributed by atoms with Crippen molar-refractivity contribution < 1.29 is 9.53 Å². The molecule has 4 nitrogen and oxygen atoms in total. The Balaban J connectivity index is 1.62. The van der Waals surface area contributed by atoms with Crippen LogP contribution in [0.2, 0.25) is 5.02 Å². The number of rotatable bonds is 7. The molecule has 0 radical (unpaired) electrons. The summed E-state index contributed by atoms with van der Waals surface area (Å²) < 4.78 is 5.53. The van der Waals surface area contributed by atoms with Crippen LogP contribution in [0.25, 0.3) is 0 Å². The molecular formula is C15H17ClN2O2S. The van der Waals surface area contributed by atoms with Gasteiger partial charge in [0.25, 0.3) is 0 Å². The summed E-state index contributed by atoms with van der Waals surface area (Å²) in [6.45, 7) is 2.89. The molecule has 0 saturated heterocycles. The minimum Gasteiger partial charge on any atom is -0.492 e. The molecule has 0 aliphatic carbocycles. The van der Waals surface area contributed by atoms with E-state index in [1.807, 2.05) is 30.5 Å². The number of carbonyl (C=O) groups excluding carboxylic acids is 1. The highest BCUT2D eigenvalue weighted by molar-refractivity contribution is 7.09. The molecule has 0 spiro atoms. The number of nitrogens with one attached hydrogen (secondary N) is 1. The lowest BCUT2D eigenvalue weighted by atomic mass is 10.3. The van der Waals surface area contributed by atoms with Crippen molar-refractivity contribution in [1.82, 2.24) is 10.3 Å². The Hall–Kier alpha value is -1.59. The number of thiazole rings is 1. The van der Waals surface area contributed by atoms with Gasteiger partial charge in [0.2, 0.25) is 5.91 Å². The summed E-state index contributed by atoms with van der Waals surface area (Å²) in [4.78, 5) is 16.0. The molecule has 1 N–H and O–H groups in total. The van der Waals surface area contributed by atoms with Crippen LogP contribution < -0.4 is 10.1 Å². The number of hydrogen-bond donors (Lipinski definition) is 1. The van der Waals surface area contributed by atoms with Crippen molar-refractivity contribution in [2.75, 3.05) is 6.61 Å². The number of benzene rings is 1. The van der Waals surface area contributed by atoms with Gasteiger partial charge in [-0.2, -0.15) is 0 Å². The number of aromatic nitrogens is 1. The molecule has 0 aliphatic heterocycles. The lowest BCUT2D eigenvalue weighted by Crippen LogP contribution is -2.23. The van der Waals surface area contributed by atoms with Crippen LogP contribution in [0.4, 0.5) is 0 Å². The Morgan fingerprint density at radius 2 is 2.24 bits per heavy atom.